The van der Waals surface area contributed by atoms with Crippen LogP contribution in [0.25, 0.3) is 11.4 Å². The summed E-state index contributed by atoms with van der Waals surface area (Å²) in [6, 6.07) is 5.66. The summed E-state index contributed by atoms with van der Waals surface area (Å²) in [6.45, 7) is 0.472. The van der Waals surface area contributed by atoms with E-state index in [4.69, 9.17) is 15.3 Å². The molecule has 0 aliphatic rings. The maximum absolute atomic E-state index is 10.8. The van der Waals surface area contributed by atoms with Gasteiger partial charge in [-0.15, -0.1) is 0 Å². The van der Waals surface area contributed by atoms with Crippen LogP contribution in [0, 0.1) is 0 Å². The zero-order valence-electron chi connectivity index (χ0n) is 10.9. The molecule has 0 aliphatic heterocycles. The Morgan fingerprint density at radius 3 is 2.00 bits per heavy atom. The second-order valence-corrected chi connectivity index (χ2v) is 3.63. The van der Waals surface area contributed by atoms with E-state index >= 15 is 0 Å². The van der Waals surface area contributed by atoms with Crippen LogP contribution in [0.2, 0.25) is 0 Å². The molecule has 6 N–H and O–H groups in total. The van der Waals surface area contributed by atoms with E-state index in [0.717, 1.165) is 0 Å². The van der Waals surface area contributed by atoms with Gasteiger partial charge in [0.2, 0.25) is 13.2 Å². The van der Waals surface area contributed by atoms with Crippen molar-refractivity contribution in [3.63, 3.8) is 0 Å². The number of aromatic carboxylic acids is 1. The quantitative estimate of drug-likeness (QED) is 0.612. The minimum atomic E-state index is -1.02. The summed E-state index contributed by atoms with van der Waals surface area (Å²) >= 11 is 0. The Kier molecular flexibility index (Phi) is 11.8. The second kappa shape index (κ2) is 11.6. The van der Waals surface area contributed by atoms with Gasteiger partial charge < -0.3 is 20.4 Å². The van der Waals surface area contributed by atoms with Crippen molar-refractivity contribution in [3.05, 3.63) is 42.2 Å². The number of aromatic hydroxyl groups is 1. The van der Waals surface area contributed by atoms with Gasteiger partial charge in [-0.2, -0.15) is 0 Å². The third kappa shape index (κ3) is 7.14. The first-order valence-corrected chi connectivity index (χ1v) is 5.72. The van der Waals surface area contributed by atoms with Crippen LogP contribution >= 0.6 is 0 Å². The number of rotatable bonds is 3. The van der Waals surface area contributed by atoms with Crippen molar-refractivity contribution in [2.45, 2.75) is 7.43 Å². The molecule has 0 aromatic carbocycles. The van der Waals surface area contributed by atoms with Crippen molar-refractivity contribution in [3.8, 4) is 17.1 Å². The summed E-state index contributed by atoms with van der Waals surface area (Å²) in [4.78, 5) is 18.7. The van der Waals surface area contributed by atoms with Gasteiger partial charge in [0, 0.05) is 35.5 Å². The van der Waals surface area contributed by atoms with Crippen LogP contribution in [0.3, 0.4) is 0 Å². The van der Waals surface area contributed by atoms with Crippen molar-refractivity contribution in [1.82, 2.24) is 9.97 Å². The van der Waals surface area contributed by atoms with E-state index in [1.54, 1.807) is 0 Å². The molecule has 0 saturated heterocycles. The van der Waals surface area contributed by atoms with Gasteiger partial charge >= 0.3 is 5.97 Å². The fraction of sp³-hybridized carbons (Fsp3) is 0.214. The van der Waals surface area contributed by atoms with E-state index in [0.29, 0.717) is 11.4 Å². The predicted molar refractivity (Wildman–Crippen MR) is 79.8 cm³/mol. The molecule has 0 atom stereocenters. The van der Waals surface area contributed by atoms with Crippen molar-refractivity contribution in [1.29, 1.82) is 0 Å². The van der Waals surface area contributed by atoms with E-state index in [2.05, 4.69) is 9.97 Å². The topological polar surface area (TPSA) is 129 Å². The summed E-state index contributed by atoms with van der Waals surface area (Å²) < 4.78 is 0. The molecule has 2 aromatic rings. The largest absolute Gasteiger partial charge is 0.508 e. The zero-order chi connectivity index (χ0) is 15.0. The fourth-order valence-corrected chi connectivity index (χ4v) is 1.26. The van der Waals surface area contributed by atoms with E-state index in [1.165, 1.54) is 36.7 Å². The smallest absolute Gasteiger partial charge is 0.335 e. The van der Waals surface area contributed by atoms with Gasteiger partial charge in [-0.1, -0.05) is 7.43 Å². The minimum Gasteiger partial charge on any atom is -0.508 e. The summed E-state index contributed by atoms with van der Waals surface area (Å²) in [7, 11) is 0. The Morgan fingerprint density at radius 2 is 1.55 bits per heavy atom. The average molecular weight is 360 g/mol. The molecule has 0 amide bonds. The zero-order valence-corrected chi connectivity index (χ0v) is 11.8. The number of aromatic nitrogens is 2. The summed E-state index contributed by atoms with van der Waals surface area (Å²) in [5.41, 5.74) is 0.981. The number of pyridine rings is 2. The van der Waals surface area contributed by atoms with Gasteiger partial charge in [-0.25, -0.2) is 4.79 Å². The number of carboxylic acid groups (broad SMARTS) is 1. The van der Waals surface area contributed by atoms with Crippen LogP contribution in [-0.4, -0.2) is 49.6 Å². The molecule has 2 heterocycles. The third-order valence-corrected chi connectivity index (χ3v) is 2.14. The predicted octanol–water partition coefficient (Wildman–Crippen LogP) is 0.617. The van der Waals surface area contributed by atoms with Gasteiger partial charge in [0.05, 0.1) is 17.0 Å². The number of carboxylic acids is 1. The molecule has 2 aromatic heterocycles. The molecular formula is C14H20CuN2O5+2. The van der Waals surface area contributed by atoms with Gasteiger partial charge in [0.25, 0.3) is 0 Å². The summed E-state index contributed by atoms with van der Waals surface area (Å²) in [6.07, 6.45) is 2.82. The number of nitrogens with zero attached hydrogens (tertiary/aromatic N) is 2. The van der Waals surface area contributed by atoms with Crippen molar-refractivity contribution >= 4 is 5.97 Å². The van der Waals surface area contributed by atoms with Crippen molar-refractivity contribution in [2.24, 2.45) is 0 Å². The van der Waals surface area contributed by atoms with Gasteiger partial charge in [-0.05, 0) is 18.2 Å². The van der Waals surface area contributed by atoms with E-state index in [-0.39, 0.29) is 49.0 Å². The van der Waals surface area contributed by atoms with Crippen LogP contribution in [0.5, 0.6) is 5.75 Å². The summed E-state index contributed by atoms with van der Waals surface area (Å²) in [5, 5.41) is 30.6. The standard InChI is InChI=1S/C11H8N2O3.C2H6O2.CH4.Cu/c14-8-2-4-13-10(6-8)9-5-7(11(15)16)1-3-12-9;3-1-2-4;;/h1-6H,(H,13,14)(H,15,16);3-4H,1-2H2;1H4;/p+2. The molecule has 0 unspecified atom stereocenters. The number of carbonyl (C=O) groups is 1. The van der Waals surface area contributed by atoms with Gasteiger partial charge in [0.15, 0.2) is 0 Å². The minimum absolute atomic E-state index is 0. The Morgan fingerprint density at radius 1 is 1.05 bits per heavy atom. The molecule has 7 nitrogen and oxygen atoms in total. The molecule has 0 saturated carbocycles. The molecule has 8 heteroatoms. The second-order valence-electron chi connectivity index (χ2n) is 3.63. The molecule has 2 rings (SSSR count). The first-order valence-electron chi connectivity index (χ1n) is 5.72. The van der Waals surface area contributed by atoms with Crippen LogP contribution in [0.4, 0.5) is 0 Å². The Hall–Kier alpha value is -1.99. The van der Waals surface area contributed by atoms with Gasteiger partial charge in [0.1, 0.15) is 5.75 Å². The Bertz CT molecular complexity index is 579. The first kappa shape index (κ1) is 22.3. The van der Waals surface area contributed by atoms with Crippen LogP contribution < -0.4 is 0 Å². The maximum Gasteiger partial charge on any atom is 0.335 e. The molecular weight excluding hydrogens is 340 g/mol. The number of hydrogen-bond acceptors (Lipinski definition) is 4. The maximum atomic E-state index is 10.8. The van der Waals surface area contributed by atoms with Crippen molar-refractivity contribution in [2.75, 3.05) is 13.2 Å². The van der Waals surface area contributed by atoms with Crippen LogP contribution in [-0.2, 0) is 17.1 Å². The SMILES string of the molecule is C.O=C(O)c1ccnc(-c2cc(O)ccn2)c1.[Cu].[OH2+]CC[OH2+]. The average Bonchev–Trinajstić information content (AvgIpc) is 2.47. The third-order valence-electron chi connectivity index (χ3n) is 2.14. The molecule has 0 spiro atoms. The van der Waals surface area contributed by atoms with Gasteiger partial charge in [-0.3, -0.25) is 9.97 Å². The molecule has 0 bridgehead atoms. The van der Waals surface area contributed by atoms with Crippen molar-refractivity contribution < 1.29 is 42.3 Å². The van der Waals surface area contributed by atoms with E-state index in [9.17, 15) is 9.90 Å². The molecule has 1 radical (unpaired) electrons. The fourth-order valence-electron chi connectivity index (χ4n) is 1.26. The van der Waals surface area contributed by atoms with Crippen LogP contribution in [0.15, 0.2) is 36.7 Å². The Balaban J connectivity index is 0. The summed E-state index contributed by atoms with van der Waals surface area (Å²) in [5.74, 6) is -0.962. The Labute approximate surface area is 138 Å². The first-order chi connectivity index (χ1) is 9.58. The van der Waals surface area contributed by atoms with E-state index in [1.807, 2.05) is 0 Å². The van der Waals surface area contributed by atoms with Crippen LogP contribution in [0.1, 0.15) is 17.8 Å². The molecule has 22 heavy (non-hydrogen) atoms. The normalized spacial score (nSPS) is 8.64. The molecule has 0 fully saturated rings. The molecule has 0 aliphatic carbocycles. The monoisotopic (exact) mass is 359 g/mol. The molecule has 125 valence electrons. The van der Waals surface area contributed by atoms with E-state index < -0.39 is 5.97 Å². The number of hydrogen-bond donors (Lipinski definition) is 2.